The van der Waals surface area contributed by atoms with Gasteiger partial charge in [0.15, 0.2) is 0 Å². The van der Waals surface area contributed by atoms with Crippen LogP contribution in [0.5, 0.6) is 0 Å². The minimum absolute atomic E-state index is 0.0445. The Hall–Kier alpha value is -1.36. The van der Waals surface area contributed by atoms with E-state index in [-0.39, 0.29) is 12.5 Å². The highest BCUT2D eigenvalue weighted by molar-refractivity contribution is 7.16. The van der Waals surface area contributed by atoms with Crippen molar-refractivity contribution in [3.63, 3.8) is 0 Å². The van der Waals surface area contributed by atoms with E-state index in [1.165, 1.54) is 11.3 Å². The fourth-order valence-corrected chi connectivity index (χ4v) is 2.71. The summed E-state index contributed by atoms with van der Waals surface area (Å²) in [6.45, 7) is 2.90. The van der Waals surface area contributed by atoms with Crippen LogP contribution in [-0.4, -0.2) is 12.5 Å². The number of para-hydroxylation sites is 1. The predicted octanol–water partition coefficient (Wildman–Crippen LogP) is 3.44. The fourth-order valence-electron chi connectivity index (χ4n) is 1.65. The number of amides is 1. The van der Waals surface area contributed by atoms with Gasteiger partial charge in [0, 0.05) is 17.1 Å². The van der Waals surface area contributed by atoms with Gasteiger partial charge in [0.25, 0.3) is 0 Å². The van der Waals surface area contributed by atoms with Gasteiger partial charge in [0.2, 0.25) is 5.91 Å². The van der Waals surface area contributed by atoms with Gasteiger partial charge < -0.3 is 10.6 Å². The molecule has 1 amide bonds. The third kappa shape index (κ3) is 4.35. The van der Waals surface area contributed by atoms with Crippen LogP contribution in [0.25, 0.3) is 0 Å². The van der Waals surface area contributed by atoms with Gasteiger partial charge in [-0.25, -0.2) is 0 Å². The van der Waals surface area contributed by atoms with E-state index < -0.39 is 0 Å². The Bertz CT molecular complexity index is 568. The van der Waals surface area contributed by atoms with Crippen LogP contribution in [-0.2, 0) is 11.3 Å². The van der Waals surface area contributed by atoms with E-state index in [1.54, 1.807) is 0 Å². The van der Waals surface area contributed by atoms with Gasteiger partial charge in [-0.1, -0.05) is 29.8 Å². The number of hydrogen-bond acceptors (Lipinski definition) is 3. The minimum Gasteiger partial charge on any atom is -0.325 e. The zero-order valence-corrected chi connectivity index (χ0v) is 12.1. The van der Waals surface area contributed by atoms with Crippen molar-refractivity contribution < 1.29 is 4.79 Å². The normalized spacial score (nSPS) is 10.4. The molecule has 1 aromatic carbocycles. The number of thiophene rings is 1. The number of nitrogens with one attached hydrogen (secondary N) is 2. The van der Waals surface area contributed by atoms with Gasteiger partial charge in [0.05, 0.1) is 10.9 Å². The number of halogens is 1. The summed E-state index contributed by atoms with van der Waals surface area (Å²) in [5, 5.41) is 5.97. The van der Waals surface area contributed by atoms with Crippen molar-refractivity contribution in [2.45, 2.75) is 13.5 Å². The van der Waals surface area contributed by atoms with Crippen LogP contribution >= 0.6 is 22.9 Å². The molecule has 0 atom stereocenters. The summed E-state index contributed by atoms with van der Waals surface area (Å²) in [5.74, 6) is -0.0445. The van der Waals surface area contributed by atoms with Crippen LogP contribution in [0, 0.1) is 6.92 Å². The Morgan fingerprint density at radius 3 is 2.74 bits per heavy atom. The highest BCUT2D eigenvalue weighted by Crippen LogP contribution is 2.20. The maximum atomic E-state index is 11.8. The molecule has 0 radical (unpaired) electrons. The number of rotatable bonds is 5. The van der Waals surface area contributed by atoms with Gasteiger partial charge in [0.1, 0.15) is 0 Å². The predicted molar refractivity (Wildman–Crippen MR) is 80.8 cm³/mol. The summed E-state index contributed by atoms with van der Waals surface area (Å²) in [5.41, 5.74) is 1.91. The lowest BCUT2D eigenvalue weighted by Crippen LogP contribution is -2.27. The van der Waals surface area contributed by atoms with Crippen LogP contribution in [0.3, 0.4) is 0 Å². The number of hydrogen-bond donors (Lipinski definition) is 2. The molecule has 0 saturated heterocycles. The SMILES string of the molecule is Cc1ccccc1NC(=O)CNCc1ccc(Cl)s1. The summed E-state index contributed by atoms with van der Waals surface area (Å²) in [6, 6.07) is 11.5. The molecule has 0 saturated carbocycles. The molecular formula is C14H15ClN2OS. The summed E-state index contributed by atoms with van der Waals surface area (Å²) in [7, 11) is 0. The molecule has 3 nitrogen and oxygen atoms in total. The number of benzene rings is 1. The topological polar surface area (TPSA) is 41.1 Å². The van der Waals surface area contributed by atoms with Crippen molar-refractivity contribution in [3.8, 4) is 0 Å². The lowest BCUT2D eigenvalue weighted by atomic mass is 10.2. The Balaban J connectivity index is 1.77. The molecule has 0 unspecified atom stereocenters. The molecule has 1 aromatic heterocycles. The highest BCUT2D eigenvalue weighted by Gasteiger charge is 2.04. The van der Waals surface area contributed by atoms with Crippen molar-refractivity contribution in [1.29, 1.82) is 0 Å². The standard InChI is InChI=1S/C14H15ClN2OS/c1-10-4-2-3-5-12(10)17-14(18)9-16-8-11-6-7-13(15)19-11/h2-7,16H,8-9H2,1H3,(H,17,18). The maximum absolute atomic E-state index is 11.8. The first-order valence-electron chi connectivity index (χ1n) is 5.95. The third-order valence-corrected chi connectivity index (χ3v) is 3.86. The minimum atomic E-state index is -0.0445. The number of aryl methyl sites for hydroxylation is 1. The second-order valence-electron chi connectivity index (χ2n) is 4.17. The first kappa shape index (κ1) is 14.1. The largest absolute Gasteiger partial charge is 0.325 e. The van der Waals surface area contributed by atoms with E-state index in [1.807, 2.05) is 43.3 Å². The van der Waals surface area contributed by atoms with Gasteiger partial charge >= 0.3 is 0 Å². The van der Waals surface area contributed by atoms with Crippen LogP contribution in [0.15, 0.2) is 36.4 Å². The van der Waals surface area contributed by atoms with Gasteiger partial charge in [-0.15, -0.1) is 11.3 Å². The summed E-state index contributed by atoms with van der Waals surface area (Å²) < 4.78 is 0.765. The van der Waals surface area contributed by atoms with Crippen LogP contribution in [0.1, 0.15) is 10.4 Å². The molecule has 100 valence electrons. The Morgan fingerprint density at radius 1 is 1.26 bits per heavy atom. The molecule has 0 bridgehead atoms. The fraction of sp³-hybridized carbons (Fsp3) is 0.214. The quantitative estimate of drug-likeness (QED) is 0.887. The molecule has 0 aliphatic carbocycles. The first-order chi connectivity index (χ1) is 9.15. The molecule has 0 spiro atoms. The molecule has 2 rings (SSSR count). The molecule has 19 heavy (non-hydrogen) atoms. The summed E-state index contributed by atoms with van der Waals surface area (Å²) >= 11 is 7.36. The average Bonchev–Trinajstić information content (AvgIpc) is 2.78. The van der Waals surface area contributed by atoms with Crippen molar-refractivity contribution in [2.75, 3.05) is 11.9 Å². The van der Waals surface area contributed by atoms with E-state index in [4.69, 9.17) is 11.6 Å². The van der Waals surface area contributed by atoms with E-state index >= 15 is 0 Å². The molecular weight excluding hydrogens is 280 g/mol. The Kier molecular flexibility index (Phi) is 4.96. The van der Waals surface area contributed by atoms with E-state index in [0.717, 1.165) is 20.5 Å². The molecule has 5 heteroatoms. The smallest absolute Gasteiger partial charge is 0.238 e. The second kappa shape index (κ2) is 6.70. The van der Waals surface area contributed by atoms with E-state index in [0.29, 0.717) is 6.54 Å². The first-order valence-corrected chi connectivity index (χ1v) is 7.15. The molecule has 0 aliphatic heterocycles. The van der Waals surface area contributed by atoms with Crippen molar-refractivity contribution in [2.24, 2.45) is 0 Å². The molecule has 2 aromatic rings. The van der Waals surface area contributed by atoms with Crippen LogP contribution in [0.2, 0.25) is 4.34 Å². The number of carbonyl (C=O) groups excluding carboxylic acids is 1. The van der Waals surface area contributed by atoms with Crippen molar-refractivity contribution in [3.05, 3.63) is 51.2 Å². The molecule has 1 heterocycles. The average molecular weight is 295 g/mol. The van der Waals surface area contributed by atoms with Gasteiger partial charge in [-0.05, 0) is 30.7 Å². The zero-order chi connectivity index (χ0) is 13.7. The van der Waals surface area contributed by atoms with Crippen LogP contribution in [0.4, 0.5) is 5.69 Å². The third-order valence-electron chi connectivity index (χ3n) is 2.63. The zero-order valence-electron chi connectivity index (χ0n) is 10.6. The van der Waals surface area contributed by atoms with Crippen molar-refractivity contribution in [1.82, 2.24) is 5.32 Å². The van der Waals surface area contributed by atoms with Crippen molar-refractivity contribution >= 4 is 34.5 Å². The van der Waals surface area contributed by atoms with E-state index in [2.05, 4.69) is 10.6 Å². The Labute approximate surface area is 121 Å². The number of carbonyl (C=O) groups is 1. The van der Waals surface area contributed by atoms with Crippen LogP contribution < -0.4 is 10.6 Å². The monoisotopic (exact) mass is 294 g/mol. The van der Waals surface area contributed by atoms with Gasteiger partial charge in [-0.3, -0.25) is 4.79 Å². The molecule has 2 N–H and O–H groups in total. The van der Waals surface area contributed by atoms with Gasteiger partial charge in [-0.2, -0.15) is 0 Å². The highest BCUT2D eigenvalue weighted by atomic mass is 35.5. The number of anilines is 1. The Morgan fingerprint density at radius 2 is 2.05 bits per heavy atom. The summed E-state index contributed by atoms with van der Waals surface area (Å²) in [4.78, 5) is 12.9. The molecule has 0 fully saturated rings. The molecule has 0 aliphatic rings. The lowest BCUT2D eigenvalue weighted by molar-refractivity contribution is -0.115. The lowest BCUT2D eigenvalue weighted by Gasteiger charge is -2.08. The summed E-state index contributed by atoms with van der Waals surface area (Å²) in [6.07, 6.45) is 0. The maximum Gasteiger partial charge on any atom is 0.238 e. The van der Waals surface area contributed by atoms with E-state index in [9.17, 15) is 4.79 Å². The second-order valence-corrected chi connectivity index (χ2v) is 5.97.